The van der Waals surface area contributed by atoms with E-state index in [1.54, 1.807) is 23.1 Å². The molecule has 0 aliphatic rings. The summed E-state index contributed by atoms with van der Waals surface area (Å²) in [4.78, 5) is 14.1. The van der Waals surface area contributed by atoms with Crippen molar-refractivity contribution in [2.75, 3.05) is 13.1 Å². The van der Waals surface area contributed by atoms with Crippen LogP contribution in [0.15, 0.2) is 29.4 Å². The van der Waals surface area contributed by atoms with Crippen LogP contribution in [0.1, 0.15) is 37.6 Å². The number of amidine groups is 1. The summed E-state index contributed by atoms with van der Waals surface area (Å²) < 4.78 is 5.59. The molecule has 6 heteroatoms. The summed E-state index contributed by atoms with van der Waals surface area (Å²) in [5.41, 5.74) is 6.00. The van der Waals surface area contributed by atoms with Crippen molar-refractivity contribution in [1.82, 2.24) is 4.90 Å². The van der Waals surface area contributed by atoms with Crippen molar-refractivity contribution in [3.8, 4) is 5.75 Å². The molecule has 116 valence electrons. The maximum atomic E-state index is 12.4. The van der Waals surface area contributed by atoms with Crippen LogP contribution >= 0.6 is 0 Å². The molecule has 1 rings (SSSR count). The third-order valence-electron chi connectivity index (χ3n) is 2.89. The van der Waals surface area contributed by atoms with E-state index in [9.17, 15) is 4.79 Å². The van der Waals surface area contributed by atoms with Gasteiger partial charge in [-0.05, 0) is 39.0 Å². The monoisotopic (exact) mass is 293 g/mol. The van der Waals surface area contributed by atoms with Gasteiger partial charge in [0.15, 0.2) is 0 Å². The molecule has 6 nitrogen and oxygen atoms in total. The topological polar surface area (TPSA) is 88.1 Å². The number of hydrogen-bond donors (Lipinski definition) is 2. The lowest BCUT2D eigenvalue weighted by molar-refractivity contribution is 0.0767. The van der Waals surface area contributed by atoms with Gasteiger partial charge < -0.3 is 20.6 Å². The zero-order chi connectivity index (χ0) is 15.8. The quantitative estimate of drug-likeness (QED) is 0.348. The van der Waals surface area contributed by atoms with Crippen molar-refractivity contribution in [1.29, 1.82) is 0 Å². The normalized spacial score (nSPS) is 11.5. The number of oxime groups is 1. The van der Waals surface area contributed by atoms with E-state index in [1.165, 1.54) is 0 Å². The van der Waals surface area contributed by atoms with Crippen LogP contribution in [0.25, 0.3) is 0 Å². The number of ether oxygens (including phenoxy) is 1. The van der Waals surface area contributed by atoms with E-state index in [4.69, 9.17) is 15.7 Å². The van der Waals surface area contributed by atoms with Gasteiger partial charge in [0.25, 0.3) is 5.91 Å². The lowest BCUT2D eigenvalue weighted by Crippen LogP contribution is -2.34. The lowest BCUT2D eigenvalue weighted by Gasteiger charge is -2.21. The Balaban J connectivity index is 2.79. The summed E-state index contributed by atoms with van der Waals surface area (Å²) >= 11 is 0. The molecule has 0 saturated heterocycles. The van der Waals surface area contributed by atoms with Gasteiger partial charge in [-0.2, -0.15) is 0 Å². The number of nitrogens with zero attached hydrogens (tertiary/aromatic N) is 2. The van der Waals surface area contributed by atoms with Crippen LogP contribution in [-0.2, 0) is 0 Å². The SMILES string of the molecule is CCN(CCC(N)=NO)C(=O)c1cccc(OC(C)C)c1. The Kier molecular flexibility index (Phi) is 6.52. The van der Waals surface area contributed by atoms with Crippen molar-refractivity contribution < 1.29 is 14.7 Å². The number of hydrogen-bond acceptors (Lipinski definition) is 4. The fourth-order valence-corrected chi connectivity index (χ4v) is 1.86. The van der Waals surface area contributed by atoms with Crippen LogP contribution in [0.4, 0.5) is 0 Å². The number of carbonyl (C=O) groups is 1. The predicted octanol–water partition coefficient (Wildman–Crippen LogP) is 2.07. The van der Waals surface area contributed by atoms with Gasteiger partial charge in [-0.1, -0.05) is 11.2 Å². The molecule has 0 fully saturated rings. The highest BCUT2D eigenvalue weighted by Crippen LogP contribution is 2.16. The standard InChI is InChI=1S/C15H23N3O3/c1-4-18(9-8-14(16)17-20)15(19)12-6-5-7-13(10-12)21-11(2)3/h5-7,10-11,20H,4,8-9H2,1-3H3,(H2,16,17). The molecule has 0 unspecified atom stereocenters. The Labute approximate surface area is 125 Å². The molecule has 21 heavy (non-hydrogen) atoms. The second-order valence-electron chi connectivity index (χ2n) is 4.92. The van der Waals surface area contributed by atoms with E-state index in [0.717, 1.165) is 0 Å². The van der Waals surface area contributed by atoms with Crippen molar-refractivity contribution >= 4 is 11.7 Å². The summed E-state index contributed by atoms with van der Waals surface area (Å²) in [6.45, 7) is 6.71. The van der Waals surface area contributed by atoms with Gasteiger partial charge in [-0.15, -0.1) is 0 Å². The minimum absolute atomic E-state index is 0.0539. The van der Waals surface area contributed by atoms with Crippen LogP contribution in [-0.4, -0.2) is 41.0 Å². The second-order valence-corrected chi connectivity index (χ2v) is 4.92. The van der Waals surface area contributed by atoms with Gasteiger partial charge in [0.2, 0.25) is 0 Å². The summed E-state index contributed by atoms with van der Waals surface area (Å²) in [7, 11) is 0. The van der Waals surface area contributed by atoms with Gasteiger partial charge in [-0.25, -0.2) is 0 Å². The lowest BCUT2D eigenvalue weighted by atomic mass is 10.1. The summed E-state index contributed by atoms with van der Waals surface area (Å²) in [6, 6.07) is 7.10. The maximum Gasteiger partial charge on any atom is 0.253 e. The zero-order valence-corrected chi connectivity index (χ0v) is 12.7. The highest BCUT2D eigenvalue weighted by Gasteiger charge is 2.15. The van der Waals surface area contributed by atoms with E-state index in [-0.39, 0.29) is 17.8 Å². The third kappa shape index (κ3) is 5.33. The van der Waals surface area contributed by atoms with Gasteiger partial charge in [0.05, 0.1) is 6.10 Å². The van der Waals surface area contributed by atoms with Crippen LogP contribution in [0, 0.1) is 0 Å². The molecule has 1 amide bonds. The average Bonchev–Trinajstić information content (AvgIpc) is 2.46. The molecule has 0 spiro atoms. The zero-order valence-electron chi connectivity index (χ0n) is 12.7. The molecule has 0 aliphatic heterocycles. The largest absolute Gasteiger partial charge is 0.491 e. The van der Waals surface area contributed by atoms with E-state index >= 15 is 0 Å². The Bertz CT molecular complexity index is 501. The molecule has 1 aromatic rings. The van der Waals surface area contributed by atoms with Crippen LogP contribution in [0.5, 0.6) is 5.75 Å². The van der Waals surface area contributed by atoms with Crippen molar-refractivity contribution in [2.24, 2.45) is 10.9 Å². The molecule has 0 atom stereocenters. The number of nitrogens with two attached hydrogens (primary N) is 1. The second kappa shape index (κ2) is 8.14. The summed E-state index contributed by atoms with van der Waals surface area (Å²) in [5.74, 6) is 0.680. The van der Waals surface area contributed by atoms with Crippen LogP contribution in [0.2, 0.25) is 0 Å². The number of carbonyl (C=O) groups excluding carboxylic acids is 1. The molecule has 0 aromatic heterocycles. The molecular formula is C15H23N3O3. The first-order valence-electron chi connectivity index (χ1n) is 7.00. The number of rotatable bonds is 7. The number of benzene rings is 1. The smallest absolute Gasteiger partial charge is 0.253 e. The first-order chi connectivity index (χ1) is 9.97. The van der Waals surface area contributed by atoms with Crippen LogP contribution < -0.4 is 10.5 Å². The van der Waals surface area contributed by atoms with Crippen LogP contribution in [0.3, 0.4) is 0 Å². The molecular weight excluding hydrogens is 270 g/mol. The van der Waals surface area contributed by atoms with E-state index in [2.05, 4.69) is 5.16 Å². The molecule has 3 N–H and O–H groups in total. The van der Waals surface area contributed by atoms with E-state index in [0.29, 0.717) is 30.8 Å². The Morgan fingerprint density at radius 3 is 2.76 bits per heavy atom. The fourth-order valence-electron chi connectivity index (χ4n) is 1.86. The molecule has 0 aliphatic carbocycles. The van der Waals surface area contributed by atoms with Crippen molar-refractivity contribution in [3.63, 3.8) is 0 Å². The molecule has 1 aromatic carbocycles. The van der Waals surface area contributed by atoms with E-state index < -0.39 is 0 Å². The summed E-state index contributed by atoms with van der Waals surface area (Å²) in [6.07, 6.45) is 0.385. The number of amides is 1. The molecule has 0 heterocycles. The predicted molar refractivity (Wildman–Crippen MR) is 81.8 cm³/mol. The molecule has 0 radical (unpaired) electrons. The van der Waals surface area contributed by atoms with Crippen molar-refractivity contribution in [3.05, 3.63) is 29.8 Å². The minimum atomic E-state index is -0.0996. The van der Waals surface area contributed by atoms with Gasteiger partial charge in [-0.3, -0.25) is 4.79 Å². The van der Waals surface area contributed by atoms with Crippen molar-refractivity contribution in [2.45, 2.75) is 33.3 Å². The molecule has 0 saturated carbocycles. The maximum absolute atomic E-state index is 12.4. The summed E-state index contributed by atoms with van der Waals surface area (Å²) in [5, 5.41) is 11.4. The minimum Gasteiger partial charge on any atom is -0.491 e. The first kappa shape index (κ1) is 16.8. The average molecular weight is 293 g/mol. The third-order valence-corrected chi connectivity index (χ3v) is 2.89. The van der Waals surface area contributed by atoms with Gasteiger partial charge in [0, 0.05) is 25.1 Å². The first-order valence-corrected chi connectivity index (χ1v) is 7.00. The van der Waals surface area contributed by atoms with Gasteiger partial charge in [0.1, 0.15) is 11.6 Å². The fraction of sp³-hybridized carbons (Fsp3) is 0.467. The Hall–Kier alpha value is -2.24. The van der Waals surface area contributed by atoms with Gasteiger partial charge >= 0.3 is 0 Å². The molecule has 0 bridgehead atoms. The Morgan fingerprint density at radius 1 is 1.48 bits per heavy atom. The highest BCUT2D eigenvalue weighted by atomic mass is 16.5. The highest BCUT2D eigenvalue weighted by molar-refractivity contribution is 5.95. The van der Waals surface area contributed by atoms with E-state index in [1.807, 2.05) is 26.8 Å². The Morgan fingerprint density at radius 2 is 2.19 bits per heavy atom.